The summed E-state index contributed by atoms with van der Waals surface area (Å²) in [5.74, 6) is -0.512. The van der Waals surface area contributed by atoms with E-state index in [0.717, 1.165) is 0 Å². The molecule has 0 bridgehead atoms. The number of aliphatic carboxylic acids is 1. The molecule has 0 aromatic carbocycles. The number of hydrogen-bond acceptors (Lipinski definition) is 3. The highest BCUT2D eigenvalue weighted by Gasteiger charge is 2.00. The third-order valence-corrected chi connectivity index (χ3v) is 1.06. The first-order chi connectivity index (χ1) is 5.04. The van der Waals surface area contributed by atoms with Gasteiger partial charge in [-0.05, 0) is 12.8 Å². The first-order valence-electron chi connectivity index (χ1n) is 3.54. The topological polar surface area (TPSA) is 61.7 Å². The summed E-state index contributed by atoms with van der Waals surface area (Å²) in [6.07, 6.45) is 0. The van der Waals surface area contributed by atoms with E-state index < -0.39 is 5.97 Å². The van der Waals surface area contributed by atoms with E-state index in [1.807, 2.05) is 13.8 Å². The van der Waals surface area contributed by atoms with Crippen molar-refractivity contribution in [3.05, 3.63) is 0 Å². The summed E-state index contributed by atoms with van der Waals surface area (Å²) in [5, 5.41) is 12.0. The van der Waals surface area contributed by atoms with E-state index in [1.165, 1.54) is 6.92 Å². The first-order valence-corrected chi connectivity index (χ1v) is 3.54. The second kappa shape index (κ2) is 4.71. The Morgan fingerprint density at radius 2 is 2.18 bits per heavy atom. The van der Waals surface area contributed by atoms with Crippen molar-refractivity contribution in [2.75, 3.05) is 6.54 Å². The second-order valence-electron chi connectivity index (χ2n) is 2.76. The summed E-state index contributed by atoms with van der Waals surface area (Å²) < 4.78 is 0. The lowest BCUT2D eigenvalue weighted by Gasteiger charge is -2.02. The average molecular weight is 158 g/mol. The molecule has 0 saturated carbocycles. The lowest BCUT2D eigenvalue weighted by Crippen LogP contribution is -2.18. The Labute approximate surface area is 66.3 Å². The van der Waals surface area contributed by atoms with Gasteiger partial charge in [0, 0.05) is 6.54 Å². The first kappa shape index (κ1) is 9.94. The number of carboxylic acids is 1. The van der Waals surface area contributed by atoms with Crippen LogP contribution in [-0.4, -0.2) is 23.3 Å². The SMILES string of the molecule is C/C(=N\NCC(C)C)C(=O)O. The van der Waals surface area contributed by atoms with Gasteiger partial charge in [0.25, 0.3) is 0 Å². The van der Waals surface area contributed by atoms with Crippen LogP contribution in [0.15, 0.2) is 5.10 Å². The number of rotatable bonds is 4. The lowest BCUT2D eigenvalue weighted by molar-refractivity contribution is -0.129. The van der Waals surface area contributed by atoms with Crippen LogP contribution in [0.1, 0.15) is 20.8 Å². The molecule has 0 aliphatic rings. The molecular formula is C7H14N2O2. The van der Waals surface area contributed by atoms with Crippen LogP contribution in [-0.2, 0) is 4.79 Å². The molecule has 0 atom stereocenters. The third-order valence-electron chi connectivity index (χ3n) is 1.06. The van der Waals surface area contributed by atoms with Gasteiger partial charge in [0.1, 0.15) is 5.71 Å². The summed E-state index contributed by atoms with van der Waals surface area (Å²) in [6.45, 7) is 6.21. The fraction of sp³-hybridized carbons (Fsp3) is 0.714. The van der Waals surface area contributed by atoms with Gasteiger partial charge in [-0.1, -0.05) is 13.8 Å². The minimum Gasteiger partial charge on any atom is -0.477 e. The molecule has 0 spiro atoms. The van der Waals surface area contributed by atoms with Gasteiger partial charge in [0.05, 0.1) is 0 Å². The molecule has 0 amide bonds. The highest BCUT2D eigenvalue weighted by molar-refractivity contribution is 6.34. The Kier molecular flexibility index (Phi) is 4.26. The molecule has 4 nitrogen and oxygen atoms in total. The van der Waals surface area contributed by atoms with Gasteiger partial charge in [-0.25, -0.2) is 4.79 Å². The van der Waals surface area contributed by atoms with Crippen LogP contribution in [0.25, 0.3) is 0 Å². The van der Waals surface area contributed by atoms with Crippen molar-refractivity contribution in [1.82, 2.24) is 5.43 Å². The van der Waals surface area contributed by atoms with E-state index in [9.17, 15) is 4.79 Å². The summed E-state index contributed by atoms with van der Waals surface area (Å²) >= 11 is 0. The number of carbonyl (C=O) groups is 1. The van der Waals surface area contributed by atoms with Gasteiger partial charge in [-0.2, -0.15) is 5.10 Å². The molecule has 0 fully saturated rings. The van der Waals surface area contributed by atoms with Crippen LogP contribution in [0.5, 0.6) is 0 Å². The molecule has 64 valence electrons. The third kappa shape index (κ3) is 5.39. The Morgan fingerprint density at radius 3 is 2.55 bits per heavy atom. The number of hydrazone groups is 1. The summed E-state index contributed by atoms with van der Waals surface area (Å²) in [5.41, 5.74) is 2.76. The van der Waals surface area contributed by atoms with Gasteiger partial charge in [0.15, 0.2) is 0 Å². The van der Waals surface area contributed by atoms with E-state index in [2.05, 4.69) is 10.5 Å². The quantitative estimate of drug-likeness (QED) is 0.467. The molecule has 0 saturated heterocycles. The van der Waals surface area contributed by atoms with Crippen LogP contribution in [0, 0.1) is 5.92 Å². The molecule has 0 unspecified atom stereocenters. The van der Waals surface area contributed by atoms with Crippen molar-refractivity contribution in [3.63, 3.8) is 0 Å². The van der Waals surface area contributed by atoms with Gasteiger partial charge < -0.3 is 10.5 Å². The molecule has 0 radical (unpaired) electrons. The molecule has 2 N–H and O–H groups in total. The Hall–Kier alpha value is -1.06. The standard InChI is InChI=1S/C7H14N2O2/c1-5(2)4-8-9-6(3)7(10)11/h5,8H,4H2,1-3H3,(H,10,11)/b9-6+. The Bertz CT molecular complexity index is 164. The molecule has 0 aliphatic carbocycles. The van der Waals surface area contributed by atoms with Crippen molar-refractivity contribution < 1.29 is 9.90 Å². The maximum Gasteiger partial charge on any atom is 0.351 e. The maximum atomic E-state index is 10.2. The largest absolute Gasteiger partial charge is 0.477 e. The molecule has 11 heavy (non-hydrogen) atoms. The molecule has 0 aliphatic heterocycles. The molecule has 4 heteroatoms. The van der Waals surface area contributed by atoms with Crippen molar-refractivity contribution in [1.29, 1.82) is 0 Å². The highest BCUT2D eigenvalue weighted by Crippen LogP contribution is 1.86. The van der Waals surface area contributed by atoms with Crippen LogP contribution < -0.4 is 5.43 Å². The Balaban J connectivity index is 3.65. The number of carboxylic acid groups (broad SMARTS) is 1. The zero-order valence-electron chi connectivity index (χ0n) is 7.09. The minimum absolute atomic E-state index is 0.0886. The van der Waals surface area contributed by atoms with E-state index in [0.29, 0.717) is 12.5 Å². The zero-order valence-corrected chi connectivity index (χ0v) is 7.09. The van der Waals surface area contributed by atoms with E-state index in [1.54, 1.807) is 0 Å². The summed E-state index contributed by atoms with van der Waals surface area (Å²) in [4.78, 5) is 10.2. The van der Waals surface area contributed by atoms with Crippen LogP contribution in [0.3, 0.4) is 0 Å². The lowest BCUT2D eigenvalue weighted by atomic mass is 10.2. The van der Waals surface area contributed by atoms with Crippen molar-refractivity contribution in [2.45, 2.75) is 20.8 Å². The smallest absolute Gasteiger partial charge is 0.351 e. The number of nitrogens with zero attached hydrogens (tertiary/aromatic N) is 1. The van der Waals surface area contributed by atoms with Gasteiger partial charge in [0.2, 0.25) is 0 Å². The molecule has 0 aromatic rings. The molecule has 0 rings (SSSR count). The maximum absolute atomic E-state index is 10.2. The molecule has 0 aromatic heterocycles. The predicted octanol–water partition coefficient (Wildman–Crippen LogP) is 0.692. The second-order valence-corrected chi connectivity index (χ2v) is 2.76. The fourth-order valence-electron chi connectivity index (χ4n) is 0.395. The van der Waals surface area contributed by atoms with Crippen molar-refractivity contribution in [3.8, 4) is 0 Å². The monoisotopic (exact) mass is 158 g/mol. The van der Waals surface area contributed by atoms with Gasteiger partial charge in [-0.3, -0.25) is 0 Å². The van der Waals surface area contributed by atoms with Crippen LogP contribution in [0.2, 0.25) is 0 Å². The van der Waals surface area contributed by atoms with E-state index in [-0.39, 0.29) is 5.71 Å². The average Bonchev–Trinajstić information content (AvgIpc) is 1.86. The van der Waals surface area contributed by atoms with E-state index in [4.69, 9.17) is 5.11 Å². The minimum atomic E-state index is -0.985. The Morgan fingerprint density at radius 1 is 1.64 bits per heavy atom. The molecular weight excluding hydrogens is 144 g/mol. The van der Waals surface area contributed by atoms with Crippen molar-refractivity contribution >= 4 is 11.7 Å². The number of hydrogen-bond donors (Lipinski definition) is 2. The predicted molar refractivity (Wildman–Crippen MR) is 43.6 cm³/mol. The fourth-order valence-corrected chi connectivity index (χ4v) is 0.395. The van der Waals surface area contributed by atoms with Gasteiger partial charge in [-0.15, -0.1) is 0 Å². The van der Waals surface area contributed by atoms with E-state index >= 15 is 0 Å². The normalized spacial score (nSPS) is 11.8. The van der Waals surface area contributed by atoms with Crippen LogP contribution in [0.4, 0.5) is 0 Å². The summed E-state index contributed by atoms with van der Waals surface area (Å²) in [7, 11) is 0. The van der Waals surface area contributed by atoms with Gasteiger partial charge >= 0.3 is 5.97 Å². The van der Waals surface area contributed by atoms with Crippen molar-refractivity contribution in [2.24, 2.45) is 11.0 Å². The summed E-state index contributed by atoms with van der Waals surface area (Å²) in [6, 6.07) is 0. The highest BCUT2D eigenvalue weighted by atomic mass is 16.4. The van der Waals surface area contributed by atoms with Crippen LogP contribution >= 0.6 is 0 Å². The molecule has 0 heterocycles. The number of nitrogens with one attached hydrogen (secondary N) is 1. The zero-order chi connectivity index (χ0) is 8.85.